The van der Waals surface area contributed by atoms with Crippen LogP contribution in [0.15, 0.2) is 23.5 Å². The highest BCUT2D eigenvalue weighted by molar-refractivity contribution is 5.45. The number of pyridine rings is 1. The Labute approximate surface area is 113 Å². The molecule has 0 spiro atoms. The Kier molecular flexibility index (Phi) is 5.23. The van der Waals surface area contributed by atoms with Crippen molar-refractivity contribution in [3.63, 3.8) is 0 Å². The van der Waals surface area contributed by atoms with Crippen molar-refractivity contribution in [2.75, 3.05) is 46.4 Å². The number of nitroso groups, excluding NO2 is 1. The van der Waals surface area contributed by atoms with E-state index in [1.54, 1.807) is 18.3 Å². The van der Waals surface area contributed by atoms with E-state index in [9.17, 15) is 4.91 Å². The molecular weight excluding hydrogens is 244 g/mol. The fourth-order valence-electron chi connectivity index (χ4n) is 2.09. The van der Waals surface area contributed by atoms with Gasteiger partial charge in [0.05, 0.1) is 6.61 Å². The van der Waals surface area contributed by atoms with Gasteiger partial charge >= 0.3 is 0 Å². The van der Waals surface area contributed by atoms with Crippen LogP contribution in [0.1, 0.15) is 6.42 Å². The lowest BCUT2D eigenvalue weighted by molar-refractivity contribution is 0.145. The van der Waals surface area contributed by atoms with Gasteiger partial charge in [-0.15, -0.1) is 4.91 Å². The van der Waals surface area contributed by atoms with Crippen LogP contribution in [0.2, 0.25) is 0 Å². The van der Waals surface area contributed by atoms with Crippen LogP contribution < -0.4 is 4.74 Å². The van der Waals surface area contributed by atoms with Gasteiger partial charge in [0.15, 0.2) is 5.69 Å². The summed E-state index contributed by atoms with van der Waals surface area (Å²) in [5, 5.41) is 2.89. The molecule has 1 aliphatic rings. The summed E-state index contributed by atoms with van der Waals surface area (Å²) in [4.78, 5) is 19.3. The number of aromatic nitrogens is 1. The SMILES string of the molecule is CN1CCN(CCCOc2ncccc2N=O)CC1. The Morgan fingerprint density at radius 1 is 1.37 bits per heavy atom. The van der Waals surface area contributed by atoms with Gasteiger partial charge in [-0.1, -0.05) is 0 Å². The zero-order chi connectivity index (χ0) is 13.5. The van der Waals surface area contributed by atoms with Gasteiger partial charge in [0.2, 0.25) is 5.88 Å². The molecule has 0 unspecified atom stereocenters. The molecule has 19 heavy (non-hydrogen) atoms. The number of nitrogens with zero attached hydrogens (tertiary/aromatic N) is 4. The molecule has 1 saturated heterocycles. The third-order valence-electron chi connectivity index (χ3n) is 3.30. The largest absolute Gasteiger partial charge is 0.476 e. The van der Waals surface area contributed by atoms with Crippen LogP contribution in [0.3, 0.4) is 0 Å². The Balaban J connectivity index is 1.68. The van der Waals surface area contributed by atoms with Crippen molar-refractivity contribution in [1.82, 2.24) is 14.8 Å². The predicted octanol–water partition coefficient (Wildman–Crippen LogP) is 1.50. The lowest BCUT2D eigenvalue weighted by Crippen LogP contribution is -2.44. The normalized spacial score (nSPS) is 17.3. The smallest absolute Gasteiger partial charge is 0.243 e. The summed E-state index contributed by atoms with van der Waals surface area (Å²) in [6.07, 6.45) is 2.53. The van der Waals surface area contributed by atoms with Crippen LogP contribution in [-0.2, 0) is 0 Å². The predicted molar refractivity (Wildman–Crippen MR) is 73.7 cm³/mol. The van der Waals surface area contributed by atoms with Crippen molar-refractivity contribution < 1.29 is 4.74 Å². The third kappa shape index (κ3) is 4.25. The first kappa shape index (κ1) is 13.9. The van der Waals surface area contributed by atoms with E-state index in [2.05, 4.69) is 27.0 Å². The van der Waals surface area contributed by atoms with Gasteiger partial charge in [-0.25, -0.2) is 4.98 Å². The average Bonchev–Trinajstić information content (AvgIpc) is 2.46. The number of hydrogen-bond donors (Lipinski definition) is 0. The summed E-state index contributed by atoms with van der Waals surface area (Å²) >= 11 is 0. The van der Waals surface area contributed by atoms with Gasteiger partial charge in [0.25, 0.3) is 0 Å². The minimum atomic E-state index is 0.266. The van der Waals surface area contributed by atoms with Crippen LogP contribution in [0.25, 0.3) is 0 Å². The third-order valence-corrected chi connectivity index (χ3v) is 3.30. The second kappa shape index (κ2) is 7.16. The molecule has 2 heterocycles. The summed E-state index contributed by atoms with van der Waals surface area (Å²) in [6.45, 7) is 6.06. The number of ether oxygens (including phenoxy) is 1. The molecule has 0 bridgehead atoms. The monoisotopic (exact) mass is 264 g/mol. The van der Waals surface area contributed by atoms with Gasteiger partial charge in [-0.05, 0) is 30.8 Å². The average molecular weight is 264 g/mol. The quantitative estimate of drug-likeness (QED) is 0.575. The lowest BCUT2D eigenvalue weighted by Gasteiger charge is -2.32. The standard InChI is InChI=1S/C13H20N4O2/c1-16-7-9-17(10-8-16)6-3-11-19-13-12(15-18)4-2-5-14-13/h2,4-5H,3,6-11H2,1H3. The Morgan fingerprint density at radius 3 is 2.89 bits per heavy atom. The van der Waals surface area contributed by atoms with Crippen molar-refractivity contribution >= 4 is 5.69 Å². The zero-order valence-corrected chi connectivity index (χ0v) is 11.3. The van der Waals surface area contributed by atoms with E-state index in [0.717, 1.165) is 39.1 Å². The van der Waals surface area contributed by atoms with E-state index in [1.165, 1.54) is 0 Å². The van der Waals surface area contributed by atoms with Gasteiger partial charge < -0.3 is 14.5 Å². The highest BCUT2D eigenvalue weighted by Gasteiger charge is 2.13. The Morgan fingerprint density at radius 2 is 2.16 bits per heavy atom. The molecule has 6 nitrogen and oxygen atoms in total. The molecule has 1 aromatic heterocycles. The molecular formula is C13H20N4O2. The first-order valence-electron chi connectivity index (χ1n) is 6.61. The van der Waals surface area contributed by atoms with Gasteiger partial charge in [0, 0.05) is 38.9 Å². The maximum atomic E-state index is 10.6. The molecule has 0 amide bonds. The topological polar surface area (TPSA) is 58.0 Å². The summed E-state index contributed by atoms with van der Waals surface area (Å²) in [5.74, 6) is 0.330. The molecule has 2 rings (SSSR count). The van der Waals surface area contributed by atoms with E-state index < -0.39 is 0 Å². The van der Waals surface area contributed by atoms with E-state index >= 15 is 0 Å². The molecule has 104 valence electrons. The first-order chi connectivity index (χ1) is 9.29. The summed E-state index contributed by atoms with van der Waals surface area (Å²) in [5.41, 5.74) is 0.266. The molecule has 0 aromatic carbocycles. The van der Waals surface area contributed by atoms with Crippen LogP contribution in [0, 0.1) is 4.91 Å². The van der Waals surface area contributed by atoms with Gasteiger partial charge in [-0.2, -0.15) is 0 Å². The molecule has 6 heteroatoms. The number of piperazine rings is 1. The van der Waals surface area contributed by atoms with E-state index in [-0.39, 0.29) is 5.69 Å². The molecule has 0 N–H and O–H groups in total. The molecule has 0 atom stereocenters. The fraction of sp³-hybridized carbons (Fsp3) is 0.615. The van der Waals surface area contributed by atoms with Crippen LogP contribution >= 0.6 is 0 Å². The van der Waals surface area contributed by atoms with E-state index in [4.69, 9.17) is 4.74 Å². The minimum Gasteiger partial charge on any atom is -0.476 e. The molecule has 0 saturated carbocycles. The second-order valence-electron chi connectivity index (χ2n) is 4.77. The summed E-state index contributed by atoms with van der Waals surface area (Å²) in [7, 11) is 2.15. The Hall–Kier alpha value is -1.53. The minimum absolute atomic E-state index is 0.266. The molecule has 1 aromatic rings. The highest BCUT2D eigenvalue weighted by atomic mass is 16.5. The molecule has 0 radical (unpaired) electrons. The van der Waals surface area contributed by atoms with Crippen molar-refractivity contribution in [2.24, 2.45) is 5.18 Å². The van der Waals surface area contributed by atoms with Gasteiger partial charge in [0.1, 0.15) is 0 Å². The van der Waals surface area contributed by atoms with Crippen LogP contribution in [0.4, 0.5) is 5.69 Å². The lowest BCUT2D eigenvalue weighted by atomic mass is 10.3. The number of hydrogen-bond acceptors (Lipinski definition) is 6. The molecule has 0 aliphatic carbocycles. The highest BCUT2D eigenvalue weighted by Crippen LogP contribution is 2.23. The number of rotatable bonds is 6. The maximum absolute atomic E-state index is 10.6. The van der Waals surface area contributed by atoms with Crippen molar-refractivity contribution in [1.29, 1.82) is 0 Å². The zero-order valence-electron chi connectivity index (χ0n) is 11.3. The maximum Gasteiger partial charge on any atom is 0.243 e. The Bertz CT molecular complexity index is 405. The van der Waals surface area contributed by atoms with Crippen molar-refractivity contribution in [2.45, 2.75) is 6.42 Å². The van der Waals surface area contributed by atoms with E-state index in [0.29, 0.717) is 12.5 Å². The second-order valence-corrected chi connectivity index (χ2v) is 4.77. The van der Waals surface area contributed by atoms with Crippen molar-refractivity contribution in [3.05, 3.63) is 23.2 Å². The molecule has 1 fully saturated rings. The van der Waals surface area contributed by atoms with Gasteiger partial charge in [-0.3, -0.25) is 0 Å². The van der Waals surface area contributed by atoms with Crippen LogP contribution in [-0.4, -0.2) is 61.2 Å². The fourth-order valence-corrected chi connectivity index (χ4v) is 2.09. The van der Waals surface area contributed by atoms with E-state index in [1.807, 2.05) is 0 Å². The summed E-state index contributed by atoms with van der Waals surface area (Å²) in [6, 6.07) is 3.28. The molecule has 1 aliphatic heterocycles. The first-order valence-corrected chi connectivity index (χ1v) is 6.61. The summed E-state index contributed by atoms with van der Waals surface area (Å²) < 4.78 is 5.50. The van der Waals surface area contributed by atoms with Crippen LogP contribution in [0.5, 0.6) is 5.88 Å². The number of likely N-dealkylation sites (N-methyl/N-ethyl adjacent to an activating group) is 1. The van der Waals surface area contributed by atoms with Crippen molar-refractivity contribution in [3.8, 4) is 5.88 Å².